The standard InChI is InChI=1S/C13H10Cl2N4O2/c1-8-2-5-12(19(20)21)13(17-8)18-16-7-9-3-4-10(14)6-11(9)15/h2-7H,1H3,(H,17,18)/b16-7-. The average molecular weight is 325 g/mol. The van der Waals surface area contributed by atoms with E-state index in [1.165, 1.54) is 12.3 Å². The third-order valence-corrected chi connectivity index (χ3v) is 3.11. The lowest BCUT2D eigenvalue weighted by atomic mass is 10.2. The van der Waals surface area contributed by atoms with Crippen LogP contribution in [0.5, 0.6) is 0 Å². The monoisotopic (exact) mass is 324 g/mol. The molecule has 108 valence electrons. The minimum absolute atomic E-state index is 0.0707. The van der Waals surface area contributed by atoms with Crippen LogP contribution in [-0.4, -0.2) is 16.1 Å². The van der Waals surface area contributed by atoms with Gasteiger partial charge in [-0.1, -0.05) is 29.3 Å². The second-order valence-electron chi connectivity index (χ2n) is 4.11. The van der Waals surface area contributed by atoms with Gasteiger partial charge in [-0.2, -0.15) is 5.10 Å². The Hall–Kier alpha value is -2.18. The molecule has 0 fully saturated rings. The van der Waals surface area contributed by atoms with Crippen molar-refractivity contribution in [2.45, 2.75) is 6.92 Å². The summed E-state index contributed by atoms with van der Waals surface area (Å²) >= 11 is 11.8. The molecule has 1 aromatic carbocycles. The predicted octanol–water partition coefficient (Wildman–Crippen LogP) is 4.05. The van der Waals surface area contributed by atoms with E-state index in [0.717, 1.165) is 0 Å². The van der Waals surface area contributed by atoms with Crippen LogP contribution in [0.2, 0.25) is 10.0 Å². The quantitative estimate of drug-likeness (QED) is 0.522. The van der Waals surface area contributed by atoms with Gasteiger partial charge in [-0.05, 0) is 25.1 Å². The number of anilines is 1. The number of hydrazone groups is 1. The molecule has 1 aromatic heterocycles. The fourth-order valence-electron chi connectivity index (χ4n) is 1.55. The lowest BCUT2D eigenvalue weighted by Crippen LogP contribution is -2.00. The largest absolute Gasteiger partial charge is 0.313 e. The number of aryl methyl sites for hydroxylation is 1. The molecule has 0 atom stereocenters. The van der Waals surface area contributed by atoms with Crippen molar-refractivity contribution >= 4 is 40.9 Å². The van der Waals surface area contributed by atoms with Crippen LogP contribution in [0.1, 0.15) is 11.3 Å². The Kier molecular flexibility index (Phi) is 4.72. The van der Waals surface area contributed by atoms with Gasteiger partial charge in [-0.25, -0.2) is 4.98 Å². The van der Waals surface area contributed by atoms with Crippen LogP contribution in [-0.2, 0) is 0 Å². The van der Waals surface area contributed by atoms with Gasteiger partial charge < -0.3 is 0 Å². The predicted molar refractivity (Wildman–Crippen MR) is 83.3 cm³/mol. The number of halogens is 2. The maximum atomic E-state index is 10.9. The van der Waals surface area contributed by atoms with Crippen LogP contribution in [0.15, 0.2) is 35.4 Å². The average Bonchev–Trinajstić information content (AvgIpc) is 2.41. The van der Waals surface area contributed by atoms with Crippen molar-refractivity contribution in [3.05, 3.63) is 61.7 Å². The number of nitrogens with zero attached hydrogens (tertiary/aromatic N) is 3. The molecule has 6 nitrogen and oxygen atoms in total. The third kappa shape index (κ3) is 3.90. The molecule has 0 saturated heterocycles. The SMILES string of the molecule is Cc1ccc([N+](=O)[O-])c(N/N=C\c2ccc(Cl)cc2Cl)n1. The van der Waals surface area contributed by atoms with Crippen molar-refractivity contribution < 1.29 is 4.92 Å². The zero-order valence-corrected chi connectivity index (χ0v) is 12.4. The van der Waals surface area contributed by atoms with E-state index in [0.29, 0.717) is 21.3 Å². The Labute approximate surface area is 130 Å². The van der Waals surface area contributed by atoms with Gasteiger partial charge in [-0.3, -0.25) is 15.5 Å². The first-order valence-corrected chi connectivity index (χ1v) is 6.59. The molecule has 0 bridgehead atoms. The van der Waals surface area contributed by atoms with E-state index >= 15 is 0 Å². The Morgan fingerprint density at radius 3 is 2.76 bits per heavy atom. The van der Waals surface area contributed by atoms with E-state index in [9.17, 15) is 10.1 Å². The molecular formula is C13H10Cl2N4O2. The molecule has 1 heterocycles. The Morgan fingerprint density at radius 2 is 2.10 bits per heavy atom. The molecule has 0 aliphatic carbocycles. The van der Waals surface area contributed by atoms with Crippen molar-refractivity contribution in [1.82, 2.24) is 4.98 Å². The van der Waals surface area contributed by atoms with Gasteiger partial charge in [0.1, 0.15) is 0 Å². The molecular weight excluding hydrogens is 315 g/mol. The van der Waals surface area contributed by atoms with Gasteiger partial charge in [0.25, 0.3) is 0 Å². The second kappa shape index (κ2) is 6.51. The minimum Gasteiger partial charge on any atom is -0.258 e. The van der Waals surface area contributed by atoms with Crippen LogP contribution in [0.25, 0.3) is 0 Å². The van der Waals surface area contributed by atoms with Gasteiger partial charge in [-0.15, -0.1) is 0 Å². The molecule has 8 heteroatoms. The van der Waals surface area contributed by atoms with Crippen LogP contribution < -0.4 is 5.43 Å². The normalized spacial score (nSPS) is 10.8. The van der Waals surface area contributed by atoms with Gasteiger partial charge in [0.05, 0.1) is 16.2 Å². The first kappa shape index (κ1) is 15.2. The number of nitrogens with one attached hydrogen (secondary N) is 1. The Morgan fingerprint density at radius 1 is 1.33 bits per heavy atom. The maximum absolute atomic E-state index is 10.9. The summed E-state index contributed by atoms with van der Waals surface area (Å²) in [5.74, 6) is 0.0707. The summed E-state index contributed by atoms with van der Waals surface area (Å²) in [6.45, 7) is 1.73. The van der Waals surface area contributed by atoms with E-state index in [1.54, 1.807) is 31.2 Å². The van der Waals surface area contributed by atoms with Crippen molar-refractivity contribution in [3.63, 3.8) is 0 Å². The first-order chi connectivity index (χ1) is 9.97. The second-order valence-corrected chi connectivity index (χ2v) is 4.96. The van der Waals surface area contributed by atoms with E-state index in [4.69, 9.17) is 23.2 Å². The maximum Gasteiger partial charge on any atom is 0.313 e. The van der Waals surface area contributed by atoms with Gasteiger partial charge in [0.15, 0.2) is 0 Å². The third-order valence-electron chi connectivity index (χ3n) is 2.55. The van der Waals surface area contributed by atoms with Crippen LogP contribution >= 0.6 is 23.2 Å². The molecule has 2 aromatic rings. The van der Waals surface area contributed by atoms with Crippen LogP contribution in [0, 0.1) is 17.0 Å². The Bertz CT molecular complexity index is 719. The first-order valence-electron chi connectivity index (χ1n) is 5.83. The summed E-state index contributed by atoms with van der Waals surface area (Å²) in [4.78, 5) is 14.4. The number of nitro groups is 1. The molecule has 0 spiro atoms. The smallest absolute Gasteiger partial charge is 0.258 e. The zero-order chi connectivity index (χ0) is 15.4. The number of hydrogen-bond acceptors (Lipinski definition) is 5. The Balaban J connectivity index is 2.21. The van der Waals surface area contributed by atoms with E-state index in [-0.39, 0.29) is 11.5 Å². The fraction of sp³-hybridized carbons (Fsp3) is 0.0769. The highest BCUT2D eigenvalue weighted by atomic mass is 35.5. The van der Waals surface area contributed by atoms with Crippen LogP contribution in [0.4, 0.5) is 11.5 Å². The van der Waals surface area contributed by atoms with Crippen molar-refractivity contribution in [3.8, 4) is 0 Å². The summed E-state index contributed by atoms with van der Waals surface area (Å²) in [5.41, 5.74) is 3.67. The molecule has 0 radical (unpaired) electrons. The van der Waals surface area contributed by atoms with E-state index in [2.05, 4.69) is 15.5 Å². The number of aromatic nitrogens is 1. The molecule has 0 amide bonds. The summed E-state index contributed by atoms with van der Waals surface area (Å²) < 4.78 is 0. The molecule has 1 N–H and O–H groups in total. The van der Waals surface area contributed by atoms with Crippen molar-refractivity contribution in [1.29, 1.82) is 0 Å². The lowest BCUT2D eigenvalue weighted by molar-refractivity contribution is -0.384. The summed E-state index contributed by atoms with van der Waals surface area (Å²) in [6, 6.07) is 7.87. The van der Waals surface area contributed by atoms with E-state index in [1.807, 2.05) is 0 Å². The number of hydrogen-bond donors (Lipinski definition) is 1. The van der Waals surface area contributed by atoms with E-state index < -0.39 is 4.92 Å². The molecule has 0 aliphatic rings. The summed E-state index contributed by atoms with van der Waals surface area (Å²) in [7, 11) is 0. The van der Waals surface area contributed by atoms with Crippen molar-refractivity contribution in [2.75, 3.05) is 5.43 Å². The van der Waals surface area contributed by atoms with Crippen molar-refractivity contribution in [2.24, 2.45) is 5.10 Å². The van der Waals surface area contributed by atoms with Gasteiger partial charge >= 0.3 is 5.69 Å². The van der Waals surface area contributed by atoms with Crippen LogP contribution in [0.3, 0.4) is 0 Å². The van der Waals surface area contributed by atoms with Gasteiger partial charge in [0, 0.05) is 22.3 Å². The highest BCUT2D eigenvalue weighted by molar-refractivity contribution is 6.36. The molecule has 2 rings (SSSR count). The number of pyridine rings is 1. The molecule has 0 saturated carbocycles. The summed E-state index contributed by atoms with van der Waals surface area (Å²) in [5, 5.41) is 15.8. The highest BCUT2D eigenvalue weighted by Crippen LogP contribution is 2.22. The number of rotatable bonds is 4. The zero-order valence-electron chi connectivity index (χ0n) is 10.9. The number of benzene rings is 1. The topological polar surface area (TPSA) is 80.4 Å². The summed E-state index contributed by atoms with van der Waals surface area (Å²) in [6.07, 6.45) is 1.44. The highest BCUT2D eigenvalue weighted by Gasteiger charge is 2.14. The molecule has 0 unspecified atom stereocenters. The molecule has 0 aliphatic heterocycles. The fourth-order valence-corrected chi connectivity index (χ4v) is 2.01. The van der Waals surface area contributed by atoms with Gasteiger partial charge in [0.2, 0.25) is 5.82 Å². The lowest BCUT2D eigenvalue weighted by Gasteiger charge is -2.02. The minimum atomic E-state index is -0.528. The molecule has 21 heavy (non-hydrogen) atoms.